The van der Waals surface area contributed by atoms with Gasteiger partial charge in [0.15, 0.2) is 0 Å². The molecule has 1 aromatic rings. The zero-order chi connectivity index (χ0) is 13.9. The number of rotatable bonds is 4. The predicted molar refractivity (Wildman–Crippen MR) is 72.1 cm³/mol. The van der Waals surface area contributed by atoms with Gasteiger partial charge in [-0.25, -0.2) is 4.79 Å². The van der Waals surface area contributed by atoms with Crippen molar-refractivity contribution in [2.75, 3.05) is 6.54 Å². The van der Waals surface area contributed by atoms with Crippen LogP contribution in [0.5, 0.6) is 0 Å². The Balaban J connectivity index is 3.06. The van der Waals surface area contributed by atoms with E-state index in [1.54, 1.807) is 11.1 Å². The first-order valence-electron chi connectivity index (χ1n) is 6.51. The van der Waals surface area contributed by atoms with E-state index < -0.39 is 0 Å². The van der Waals surface area contributed by atoms with Crippen LogP contribution < -0.4 is 5.56 Å². The third-order valence-corrected chi connectivity index (χ3v) is 2.95. The molecule has 1 aromatic heterocycles. The minimum Gasteiger partial charge on any atom is -0.320 e. The monoisotopic (exact) mass is 253 g/mol. The van der Waals surface area contributed by atoms with E-state index >= 15 is 0 Å². The van der Waals surface area contributed by atoms with Crippen molar-refractivity contribution in [3.63, 3.8) is 0 Å². The first-order valence-corrected chi connectivity index (χ1v) is 6.51. The van der Waals surface area contributed by atoms with Gasteiger partial charge in [-0.05, 0) is 26.2 Å². The fraction of sp³-hybridized carbons (Fsp3) is 0.692. The summed E-state index contributed by atoms with van der Waals surface area (Å²) < 4.78 is 1.10. The first kappa shape index (κ1) is 14.5. The second-order valence-electron chi connectivity index (χ2n) is 5.09. The van der Waals surface area contributed by atoms with E-state index in [0.717, 1.165) is 11.1 Å². The highest BCUT2D eigenvalue weighted by Gasteiger charge is 2.21. The molecular formula is C13H23N3O2. The second kappa shape index (κ2) is 5.89. The van der Waals surface area contributed by atoms with Crippen LogP contribution in [0.1, 0.15) is 52.5 Å². The van der Waals surface area contributed by atoms with E-state index in [1.807, 2.05) is 34.6 Å². The molecule has 1 amide bonds. The van der Waals surface area contributed by atoms with Crippen molar-refractivity contribution in [3.05, 3.63) is 22.1 Å². The van der Waals surface area contributed by atoms with Gasteiger partial charge in [0.05, 0.1) is 0 Å². The minimum absolute atomic E-state index is 0.0788. The molecule has 18 heavy (non-hydrogen) atoms. The molecule has 0 saturated carbocycles. The lowest BCUT2D eigenvalue weighted by Crippen LogP contribution is -2.44. The number of carbonyl (C=O) groups excluding carboxylic acids is 1. The normalized spacial score (nSPS) is 11.3. The van der Waals surface area contributed by atoms with Crippen LogP contribution in [0.2, 0.25) is 0 Å². The molecule has 0 aliphatic carbocycles. The standard InChI is InChI=1S/C13H23N3O2/c1-6-7-15(10(4)5)13(18)16-12(17)11(8-14-16)9(2)3/h8-10,14H,6-7H2,1-5H3. The number of nitrogens with one attached hydrogen (secondary N) is 1. The maximum atomic E-state index is 12.3. The van der Waals surface area contributed by atoms with Crippen LogP contribution in [-0.2, 0) is 0 Å². The number of aromatic amines is 1. The number of hydrogen-bond acceptors (Lipinski definition) is 2. The maximum Gasteiger partial charge on any atom is 0.346 e. The van der Waals surface area contributed by atoms with E-state index in [-0.39, 0.29) is 23.6 Å². The van der Waals surface area contributed by atoms with Crippen molar-refractivity contribution in [1.82, 2.24) is 14.7 Å². The lowest BCUT2D eigenvalue weighted by molar-refractivity contribution is 0.181. The molecule has 0 atom stereocenters. The summed E-state index contributed by atoms with van der Waals surface area (Å²) in [5, 5.41) is 2.76. The zero-order valence-corrected chi connectivity index (χ0v) is 11.9. The number of hydrogen-bond donors (Lipinski definition) is 1. The average molecular weight is 253 g/mol. The van der Waals surface area contributed by atoms with Crippen molar-refractivity contribution in [2.24, 2.45) is 0 Å². The Labute approximate surface area is 108 Å². The van der Waals surface area contributed by atoms with Gasteiger partial charge < -0.3 is 4.90 Å². The highest BCUT2D eigenvalue weighted by molar-refractivity contribution is 5.76. The summed E-state index contributed by atoms with van der Waals surface area (Å²) in [5.41, 5.74) is 0.403. The van der Waals surface area contributed by atoms with Crippen LogP contribution in [0.25, 0.3) is 0 Å². The summed E-state index contributed by atoms with van der Waals surface area (Å²) in [6.07, 6.45) is 2.49. The average Bonchev–Trinajstić information content (AvgIpc) is 2.66. The van der Waals surface area contributed by atoms with Gasteiger partial charge in [-0.1, -0.05) is 20.8 Å². The summed E-state index contributed by atoms with van der Waals surface area (Å²) in [5.74, 6) is 0.112. The molecule has 0 spiro atoms. The molecule has 5 nitrogen and oxygen atoms in total. The quantitative estimate of drug-likeness (QED) is 0.895. The maximum absolute atomic E-state index is 12.3. The van der Waals surface area contributed by atoms with Gasteiger partial charge in [0.1, 0.15) is 0 Å². The predicted octanol–water partition coefficient (Wildman–Crippen LogP) is 2.39. The third-order valence-electron chi connectivity index (χ3n) is 2.95. The molecule has 102 valence electrons. The molecule has 0 unspecified atom stereocenters. The molecule has 0 fully saturated rings. The van der Waals surface area contributed by atoms with E-state index in [2.05, 4.69) is 5.10 Å². The zero-order valence-electron chi connectivity index (χ0n) is 11.9. The van der Waals surface area contributed by atoms with Crippen molar-refractivity contribution in [3.8, 4) is 0 Å². The fourth-order valence-electron chi connectivity index (χ4n) is 1.88. The van der Waals surface area contributed by atoms with Crippen LogP contribution in [0.4, 0.5) is 4.79 Å². The molecule has 0 radical (unpaired) electrons. The van der Waals surface area contributed by atoms with E-state index in [0.29, 0.717) is 12.1 Å². The van der Waals surface area contributed by atoms with Gasteiger partial charge in [0, 0.05) is 24.3 Å². The minimum atomic E-state index is -0.274. The van der Waals surface area contributed by atoms with Gasteiger partial charge in [0.25, 0.3) is 5.56 Å². The molecule has 0 aliphatic heterocycles. The highest BCUT2D eigenvalue weighted by Crippen LogP contribution is 2.09. The lowest BCUT2D eigenvalue weighted by atomic mass is 10.1. The number of aromatic nitrogens is 2. The Morgan fingerprint density at radius 3 is 2.39 bits per heavy atom. The second-order valence-corrected chi connectivity index (χ2v) is 5.09. The Morgan fingerprint density at radius 1 is 1.39 bits per heavy atom. The molecule has 1 rings (SSSR count). The summed E-state index contributed by atoms with van der Waals surface area (Å²) in [6, 6.07) is -0.195. The Morgan fingerprint density at radius 2 is 2.00 bits per heavy atom. The van der Waals surface area contributed by atoms with E-state index in [9.17, 15) is 9.59 Å². The highest BCUT2D eigenvalue weighted by atomic mass is 16.2. The summed E-state index contributed by atoms with van der Waals surface area (Å²) >= 11 is 0. The lowest BCUT2D eigenvalue weighted by Gasteiger charge is -2.25. The number of amides is 1. The smallest absolute Gasteiger partial charge is 0.320 e. The van der Waals surface area contributed by atoms with Crippen molar-refractivity contribution in [2.45, 2.75) is 53.0 Å². The van der Waals surface area contributed by atoms with Gasteiger partial charge in [-0.15, -0.1) is 0 Å². The summed E-state index contributed by atoms with van der Waals surface area (Å²) in [4.78, 5) is 26.1. The summed E-state index contributed by atoms with van der Waals surface area (Å²) in [7, 11) is 0. The van der Waals surface area contributed by atoms with Crippen LogP contribution in [0.3, 0.4) is 0 Å². The van der Waals surface area contributed by atoms with Crippen molar-refractivity contribution >= 4 is 6.03 Å². The first-order chi connectivity index (χ1) is 8.40. The molecule has 1 N–H and O–H groups in total. The van der Waals surface area contributed by atoms with Gasteiger partial charge >= 0.3 is 6.03 Å². The Bertz CT molecular complexity index is 457. The largest absolute Gasteiger partial charge is 0.346 e. The van der Waals surface area contributed by atoms with Crippen LogP contribution >= 0.6 is 0 Å². The molecular weight excluding hydrogens is 230 g/mol. The van der Waals surface area contributed by atoms with Gasteiger partial charge in [-0.3, -0.25) is 9.89 Å². The Hall–Kier alpha value is -1.52. The number of H-pyrrole nitrogens is 1. The third kappa shape index (κ3) is 2.83. The molecule has 1 heterocycles. The van der Waals surface area contributed by atoms with Crippen LogP contribution in [0.15, 0.2) is 11.0 Å². The molecule has 0 aliphatic rings. The molecule has 5 heteroatoms. The SMILES string of the molecule is CCCN(C(=O)n1[nH]cc(C(C)C)c1=O)C(C)C. The van der Waals surface area contributed by atoms with Crippen molar-refractivity contribution < 1.29 is 4.79 Å². The van der Waals surface area contributed by atoms with Crippen LogP contribution in [-0.4, -0.2) is 33.3 Å². The number of carbonyl (C=O) groups is 1. The van der Waals surface area contributed by atoms with E-state index in [1.165, 1.54) is 0 Å². The van der Waals surface area contributed by atoms with E-state index in [4.69, 9.17) is 0 Å². The number of nitrogens with zero attached hydrogens (tertiary/aromatic N) is 2. The van der Waals surface area contributed by atoms with Crippen LogP contribution in [0, 0.1) is 0 Å². The Kier molecular flexibility index (Phi) is 4.76. The fourth-order valence-corrected chi connectivity index (χ4v) is 1.88. The topological polar surface area (TPSA) is 58.1 Å². The molecule has 0 aromatic carbocycles. The molecule has 0 bridgehead atoms. The summed E-state index contributed by atoms with van der Waals surface area (Å²) in [6.45, 7) is 10.4. The van der Waals surface area contributed by atoms with Crippen molar-refractivity contribution in [1.29, 1.82) is 0 Å². The van der Waals surface area contributed by atoms with Gasteiger partial charge in [-0.2, -0.15) is 4.68 Å². The molecule has 0 saturated heterocycles. The van der Waals surface area contributed by atoms with Gasteiger partial charge in [0.2, 0.25) is 0 Å².